The summed E-state index contributed by atoms with van der Waals surface area (Å²) in [6.07, 6.45) is 2.46. The van der Waals surface area contributed by atoms with Gasteiger partial charge in [0.1, 0.15) is 5.69 Å². The Morgan fingerprint density at radius 1 is 1.12 bits per heavy atom. The van der Waals surface area contributed by atoms with Gasteiger partial charge in [0, 0.05) is 10.0 Å². The van der Waals surface area contributed by atoms with Crippen LogP contribution in [0.4, 0.5) is 5.82 Å². The molecule has 0 aliphatic carbocycles. The minimum Gasteiger partial charge on any atom is -0.480 e. The van der Waals surface area contributed by atoms with Crippen LogP contribution < -0.4 is 15.2 Å². The highest BCUT2D eigenvalue weighted by molar-refractivity contribution is 6.35. The molecule has 24 heavy (non-hydrogen) atoms. The molecule has 0 fully saturated rings. The second kappa shape index (κ2) is 8.40. The van der Waals surface area contributed by atoms with Crippen LogP contribution in [-0.2, 0) is 6.42 Å². The van der Waals surface area contributed by atoms with E-state index in [9.17, 15) is 0 Å². The van der Waals surface area contributed by atoms with Gasteiger partial charge in [0.05, 0.1) is 14.2 Å². The van der Waals surface area contributed by atoms with Gasteiger partial charge >= 0.3 is 0 Å². The Bertz CT molecular complexity index is 710. The first-order valence-corrected chi connectivity index (χ1v) is 8.45. The molecule has 2 N–H and O–H groups in total. The van der Waals surface area contributed by atoms with Crippen LogP contribution in [0.5, 0.6) is 11.8 Å². The second-order valence-electron chi connectivity index (χ2n) is 5.38. The van der Waals surface area contributed by atoms with E-state index in [1.165, 1.54) is 7.11 Å². The van der Waals surface area contributed by atoms with Crippen molar-refractivity contribution in [1.82, 2.24) is 9.97 Å². The lowest BCUT2D eigenvalue weighted by atomic mass is 9.91. The largest absolute Gasteiger partial charge is 0.480 e. The van der Waals surface area contributed by atoms with Crippen LogP contribution in [0.15, 0.2) is 18.2 Å². The summed E-state index contributed by atoms with van der Waals surface area (Å²) >= 11 is 12.3. The van der Waals surface area contributed by atoms with E-state index in [0.29, 0.717) is 33.9 Å². The van der Waals surface area contributed by atoms with Gasteiger partial charge in [0.15, 0.2) is 5.82 Å². The van der Waals surface area contributed by atoms with Gasteiger partial charge in [-0.1, -0.05) is 36.2 Å². The Hall–Kier alpha value is -1.72. The van der Waals surface area contributed by atoms with Crippen molar-refractivity contribution in [3.63, 3.8) is 0 Å². The van der Waals surface area contributed by atoms with E-state index in [1.54, 1.807) is 13.2 Å². The fourth-order valence-corrected chi connectivity index (χ4v) is 3.21. The zero-order chi connectivity index (χ0) is 17.7. The number of methoxy groups -OCH3 is 2. The predicted molar refractivity (Wildman–Crippen MR) is 97.4 cm³/mol. The van der Waals surface area contributed by atoms with Crippen LogP contribution in [0.2, 0.25) is 10.0 Å². The zero-order valence-electron chi connectivity index (χ0n) is 14.0. The summed E-state index contributed by atoms with van der Waals surface area (Å²) < 4.78 is 10.4. The van der Waals surface area contributed by atoms with Crippen LogP contribution in [0.25, 0.3) is 0 Å². The Labute approximate surface area is 152 Å². The molecular formula is C17H21Cl2N3O2. The van der Waals surface area contributed by atoms with Crippen molar-refractivity contribution in [3.05, 3.63) is 39.5 Å². The maximum Gasteiger partial charge on any atom is 0.257 e. The molecule has 0 saturated heterocycles. The van der Waals surface area contributed by atoms with Gasteiger partial charge in [-0.2, -0.15) is 4.98 Å². The number of ether oxygens (including phenoxy) is 2. The molecule has 1 aromatic heterocycles. The van der Waals surface area contributed by atoms with E-state index in [4.69, 9.17) is 38.4 Å². The van der Waals surface area contributed by atoms with E-state index < -0.39 is 0 Å². The molecule has 7 heteroatoms. The number of hydrogen-bond acceptors (Lipinski definition) is 5. The quantitative estimate of drug-likeness (QED) is 0.777. The van der Waals surface area contributed by atoms with Crippen LogP contribution in [-0.4, -0.2) is 24.2 Å². The van der Waals surface area contributed by atoms with E-state index in [2.05, 4.69) is 16.9 Å². The summed E-state index contributed by atoms with van der Waals surface area (Å²) in [5, 5.41) is 1.32. The lowest BCUT2D eigenvalue weighted by Crippen LogP contribution is -2.07. The highest BCUT2D eigenvalue weighted by Gasteiger charge is 2.17. The average molecular weight is 370 g/mol. The van der Waals surface area contributed by atoms with Gasteiger partial charge in [0.2, 0.25) is 5.88 Å². The highest BCUT2D eigenvalue weighted by Crippen LogP contribution is 2.33. The molecule has 0 radical (unpaired) electrons. The van der Waals surface area contributed by atoms with Crippen molar-refractivity contribution in [3.8, 4) is 11.8 Å². The maximum atomic E-state index is 6.34. The monoisotopic (exact) mass is 369 g/mol. The third-order valence-corrected chi connectivity index (χ3v) is 4.50. The van der Waals surface area contributed by atoms with Gasteiger partial charge in [-0.3, -0.25) is 0 Å². The summed E-state index contributed by atoms with van der Waals surface area (Å²) in [6, 6.07) is 5.61. The summed E-state index contributed by atoms with van der Waals surface area (Å²) in [7, 11) is 3.06. The number of rotatable bonds is 7. The predicted octanol–water partition coefficient (Wildman–Crippen LogP) is 4.51. The Balaban J connectivity index is 2.21. The van der Waals surface area contributed by atoms with Gasteiger partial charge < -0.3 is 15.2 Å². The standard InChI is InChI=1S/C17H21Cl2N3O2/c1-4-10(12-7-6-11(18)9-13(12)19)5-8-14-16(23-2)22-15(20)17(21-14)24-3/h6-7,9-10H,4-5,8H2,1-3H3,(H2,20,22). The fourth-order valence-electron chi connectivity index (χ4n) is 2.65. The third kappa shape index (κ3) is 4.22. The van der Waals surface area contributed by atoms with E-state index >= 15 is 0 Å². The van der Waals surface area contributed by atoms with Crippen molar-refractivity contribution < 1.29 is 9.47 Å². The molecular weight excluding hydrogens is 349 g/mol. The number of hydrogen-bond donors (Lipinski definition) is 1. The van der Waals surface area contributed by atoms with Gasteiger partial charge in [0.25, 0.3) is 5.88 Å². The Kier molecular flexibility index (Phi) is 6.52. The van der Waals surface area contributed by atoms with Crippen molar-refractivity contribution >= 4 is 29.0 Å². The summed E-state index contributed by atoms with van der Waals surface area (Å²) in [5.74, 6) is 1.23. The fraction of sp³-hybridized carbons (Fsp3) is 0.412. The maximum absolute atomic E-state index is 6.34. The Morgan fingerprint density at radius 3 is 2.42 bits per heavy atom. The lowest BCUT2D eigenvalue weighted by molar-refractivity contribution is 0.369. The highest BCUT2D eigenvalue weighted by atomic mass is 35.5. The van der Waals surface area contributed by atoms with Crippen LogP contribution in [0.1, 0.15) is 36.9 Å². The number of benzene rings is 1. The van der Waals surface area contributed by atoms with Crippen molar-refractivity contribution in [2.24, 2.45) is 0 Å². The lowest BCUT2D eigenvalue weighted by Gasteiger charge is -2.18. The van der Waals surface area contributed by atoms with Crippen molar-refractivity contribution in [2.45, 2.75) is 32.1 Å². The molecule has 1 aromatic carbocycles. The van der Waals surface area contributed by atoms with Crippen LogP contribution in [0.3, 0.4) is 0 Å². The normalized spacial score (nSPS) is 12.0. The minimum absolute atomic E-state index is 0.214. The molecule has 2 aromatic rings. The molecule has 0 spiro atoms. The summed E-state index contributed by atoms with van der Waals surface area (Å²) in [4.78, 5) is 8.60. The smallest absolute Gasteiger partial charge is 0.257 e. The first kappa shape index (κ1) is 18.6. The molecule has 0 aliphatic heterocycles. The number of nitrogens with two attached hydrogens (primary N) is 1. The van der Waals surface area contributed by atoms with Gasteiger partial charge in [-0.05, 0) is 42.9 Å². The topological polar surface area (TPSA) is 70.3 Å². The van der Waals surface area contributed by atoms with Crippen molar-refractivity contribution in [2.75, 3.05) is 20.0 Å². The zero-order valence-corrected chi connectivity index (χ0v) is 15.5. The molecule has 1 unspecified atom stereocenters. The third-order valence-electron chi connectivity index (χ3n) is 3.94. The molecule has 2 rings (SSSR count). The average Bonchev–Trinajstić information content (AvgIpc) is 2.57. The van der Waals surface area contributed by atoms with Crippen LogP contribution >= 0.6 is 23.2 Å². The summed E-state index contributed by atoms with van der Waals surface area (Å²) in [6.45, 7) is 2.13. The SMILES string of the molecule is CCC(CCc1nc(OC)c(N)nc1OC)c1ccc(Cl)cc1Cl. The molecule has 0 saturated carbocycles. The number of aryl methyl sites for hydroxylation is 1. The number of anilines is 1. The number of aromatic nitrogens is 2. The molecule has 0 amide bonds. The number of nitrogens with zero attached hydrogens (tertiary/aromatic N) is 2. The number of halogens is 2. The first-order valence-electron chi connectivity index (χ1n) is 7.69. The minimum atomic E-state index is 0.214. The second-order valence-corrected chi connectivity index (χ2v) is 6.23. The van der Waals surface area contributed by atoms with Gasteiger partial charge in [-0.15, -0.1) is 0 Å². The Morgan fingerprint density at radius 2 is 1.83 bits per heavy atom. The summed E-state index contributed by atoms with van der Waals surface area (Å²) in [5.41, 5.74) is 7.57. The van der Waals surface area contributed by atoms with Crippen molar-refractivity contribution in [1.29, 1.82) is 0 Å². The first-order chi connectivity index (χ1) is 11.5. The molecule has 130 valence electrons. The van der Waals surface area contributed by atoms with Gasteiger partial charge in [-0.25, -0.2) is 4.98 Å². The molecule has 1 atom stereocenters. The molecule has 1 heterocycles. The van der Waals surface area contributed by atoms with E-state index in [1.807, 2.05) is 12.1 Å². The number of nitrogen functional groups attached to an aromatic ring is 1. The molecule has 0 bridgehead atoms. The molecule has 0 aliphatic rings. The van der Waals surface area contributed by atoms with E-state index in [0.717, 1.165) is 18.4 Å². The van der Waals surface area contributed by atoms with E-state index in [-0.39, 0.29) is 11.7 Å². The van der Waals surface area contributed by atoms with Crippen LogP contribution in [0, 0.1) is 0 Å². The molecule has 5 nitrogen and oxygen atoms in total.